The van der Waals surface area contributed by atoms with Gasteiger partial charge in [-0.15, -0.1) is 0 Å². The van der Waals surface area contributed by atoms with Gasteiger partial charge in [-0.25, -0.2) is 9.97 Å². The average Bonchev–Trinajstić information content (AvgIpc) is 1.63. The summed E-state index contributed by atoms with van der Waals surface area (Å²) in [7, 11) is 0. The molecule has 3 aliphatic carbocycles. The van der Waals surface area contributed by atoms with E-state index in [1.807, 2.05) is 18.2 Å². The Morgan fingerprint density at radius 2 is 0.710 bits per heavy atom. The summed E-state index contributed by atoms with van der Waals surface area (Å²) >= 11 is 6.22. The Morgan fingerprint density at radius 1 is 0.280 bits per heavy atom. The fraction of sp³-hybridized carbons (Fsp3) is 0.0693. The fourth-order valence-corrected chi connectivity index (χ4v) is 19.2. The van der Waals surface area contributed by atoms with Crippen LogP contribution in [-0.4, -0.2) is 23.3 Å². The number of pyridine rings is 2. The van der Waals surface area contributed by atoms with Crippen molar-refractivity contribution in [2.45, 2.75) is 44.9 Å². The number of hydrogen-bond donors (Lipinski definition) is 0. The summed E-state index contributed by atoms with van der Waals surface area (Å²) in [6, 6.07) is 119. The van der Waals surface area contributed by atoms with Crippen LogP contribution in [0.2, 0.25) is 5.02 Å². The number of hydrogen-bond acceptors (Lipinski definition) is 2. The smallest absolute Gasteiger partial charge is 0.146 e. The van der Waals surface area contributed by atoms with E-state index in [4.69, 9.17) is 21.6 Å². The minimum absolute atomic E-state index is 0.0149. The van der Waals surface area contributed by atoms with Crippen molar-refractivity contribution in [3.05, 3.63) is 366 Å². The number of para-hydroxylation sites is 7. The summed E-state index contributed by atoms with van der Waals surface area (Å²) in [6.45, 7) is 9.45. The summed E-state index contributed by atoms with van der Waals surface area (Å²) in [6.07, 6.45) is 1.03. The molecule has 0 fully saturated rings. The predicted molar refractivity (Wildman–Crippen MR) is 450 cm³/mol. The second kappa shape index (κ2) is 23.0. The number of benzene rings is 16. The number of imidazole rings is 2. The fourth-order valence-electron chi connectivity index (χ4n) is 19.0. The molecule has 0 aliphatic heterocycles. The molecule has 0 N–H and O–H groups in total. The number of halogens is 1. The molecule has 0 radical (unpaired) electrons. The van der Waals surface area contributed by atoms with Crippen molar-refractivity contribution in [2.24, 2.45) is 0 Å². The molecule has 5 heterocycles. The van der Waals surface area contributed by atoms with Crippen molar-refractivity contribution in [3.63, 3.8) is 0 Å². The zero-order chi connectivity index (χ0) is 71.1. The minimum atomic E-state index is -0.0627. The maximum atomic E-state index is 6.22. The third-order valence-electron chi connectivity index (χ3n) is 24.0. The zero-order valence-corrected chi connectivity index (χ0v) is 60.3. The van der Waals surface area contributed by atoms with Gasteiger partial charge in [0.05, 0.1) is 44.1 Å². The van der Waals surface area contributed by atoms with Crippen molar-refractivity contribution in [1.82, 2.24) is 23.3 Å². The van der Waals surface area contributed by atoms with Crippen LogP contribution in [0.4, 0.5) is 0 Å². The van der Waals surface area contributed by atoms with E-state index in [9.17, 15) is 0 Å². The molecule has 5 aromatic heterocycles. The van der Waals surface area contributed by atoms with Crippen LogP contribution in [0.1, 0.15) is 61.1 Å². The molecular weight excluding hydrogens is 1320 g/mol. The number of aromatic nitrogens is 5. The third kappa shape index (κ3) is 8.99. The lowest BCUT2D eigenvalue weighted by Crippen LogP contribution is -2.14. The molecule has 107 heavy (non-hydrogen) atoms. The van der Waals surface area contributed by atoms with Gasteiger partial charge in [-0.2, -0.15) is 0 Å². The van der Waals surface area contributed by atoms with Gasteiger partial charge in [-0.05, 0) is 225 Å². The molecule has 21 aromatic rings. The van der Waals surface area contributed by atoms with E-state index in [0.717, 1.165) is 72.2 Å². The van der Waals surface area contributed by atoms with Gasteiger partial charge in [0.25, 0.3) is 0 Å². The highest BCUT2D eigenvalue weighted by Gasteiger charge is 2.37. The van der Waals surface area contributed by atoms with Crippen molar-refractivity contribution in [3.8, 4) is 61.3 Å². The highest BCUT2D eigenvalue weighted by Crippen LogP contribution is 2.54. The molecule has 0 unspecified atom stereocenters. The Morgan fingerprint density at radius 3 is 1.30 bits per heavy atom. The summed E-state index contributed by atoms with van der Waals surface area (Å²) in [5.41, 5.74) is 34.1. The van der Waals surface area contributed by atoms with Crippen LogP contribution in [0.25, 0.3) is 181 Å². The van der Waals surface area contributed by atoms with E-state index in [0.29, 0.717) is 0 Å². The molecule has 5 nitrogen and oxygen atoms in total. The van der Waals surface area contributed by atoms with Crippen LogP contribution in [0.15, 0.2) is 328 Å². The highest BCUT2D eigenvalue weighted by molar-refractivity contribution is 6.32. The van der Waals surface area contributed by atoms with E-state index >= 15 is 0 Å². The Kier molecular flexibility index (Phi) is 13.2. The molecule has 504 valence electrons. The monoisotopic (exact) mass is 1390 g/mol. The van der Waals surface area contributed by atoms with Crippen molar-refractivity contribution in [1.29, 1.82) is 0 Å². The molecule has 0 saturated carbocycles. The first-order valence-electron chi connectivity index (χ1n) is 37.2. The van der Waals surface area contributed by atoms with Crippen molar-refractivity contribution in [2.75, 3.05) is 0 Å². The number of fused-ring (bicyclic) bond motifs is 32. The van der Waals surface area contributed by atoms with Crippen molar-refractivity contribution >= 4 is 132 Å². The molecule has 3 aliphatic rings. The standard InChI is InChI=1S/C50H33N3.C32H24.C19H11ClN2/c1-50(2)42-18-8-5-14-33(42)34-25-23-30(27-43(34)50)39-29-41-36-16-7-10-20-45(36)52(48(41)37-17-4-3-13-32(37)39)31-24-26-38-40(28-31)35-15-6-11-21-46(35)53-47-22-12-9-19-44(47)51-49(38)53;1-32(2)30-14-8-7-13-25(30)26-16-15-21(18-31(26)32)27-19-29-22-10-4-3-9-20(22)17-28(29)24-12-6-5-11-23(24)27;20-12-9-10-14-15(11-12)13-5-1-3-7-17(13)22-18-8-4-2-6-16(18)21-19(14)22/h3-29H,1-2H3;3-16,18-19H,17H2,1-2H3;1-11H. The second-order valence-electron chi connectivity index (χ2n) is 30.4. The van der Waals surface area contributed by atoms with Gasteiger partial charge >= 0.3 is 0 Å². The van der Waals surface area contributed by atoms with Crippen LogP contribution in [0.5, 0.6) is 0 Å². The van der Waals surface area contributed by atoms with E-state index in [1.54, 1.807) is 0 Å². The quantitative estimate of drug-likeness (QED) is 0.165. The number of nitrogens with zero attached hydrogens (tertiary/aromatic N) is 5. The van der Waals surface area contributed by atoms with Crippen LogP contribution in [0, 0.1) is 0 Å². The highest BCUT2D eigenvalue weighted by atomic mass is 35.5. The lowest BCUT2D eigenvalue weighted by atomic mass is 9.81. The second-order valence-corrected chi connectivity index (χ2v) is 30.8. The van der Waals surface area contributed by atoms with E-state index in [-0.39, 0.29) is 10.8 Å². The van der Waals surface area contributed by atoms with Gasteiger partial charge < -0.3 is 4.57 Å². The molecule has 0 spiro atoms. The van der Waals surface area contributed by atoms with E-state index < -0.39 is 0 Å². The van der Waals surface area contributed by atoms with E-state index in [1.165, 1.54) is 154 Å². The molecule has 0 saturated heterocycles. The molecule has 0 amide bonds. The van der Waals surface area contributed by atoms with Gasteiger partial charge in [0.15, 0.2) is 0 Å². The summed E-state index contributed by atoms with van der Waals surface area (Å²) in [5.74, 6) is 0. The van der Waals surface area contributed by atoms with Gasteiger partial charge in [0.2, 0.25) is 0 Å². The Balaban J connectivity index is 0.000000111. The molecule has 0 atom stereocenters. The molecular formula is C101H68ClN5. The topological polar surface area (TPSA) is 39.5 Å². The van der Waals surface area contributed by atoms with E-state index in [2.05, 4.69) is 350 Å². The Labute approximate surface area is 623 Å². The zero-order valence-electron chi connectivity index (χ0n) is 59.5. The van der Waals surface area contributed by atoms with Crippen molar-refractivity contribution < 1.29 is 0 Å². The van der Waals surface area contributed by atoms with Gasteiger partial charge in [0.1, 0.15) is 11.3 Å². The van der Waals surface area contributed by atoms with Gasteiger partial charge in [-0.1, -0.05) is 264 Å². The summed E-state index contributed by atoms with van der Waals surface area (Å²) in [4.78, 5) is 10.0. The normalized spacial score (nSPS) is 13.6. The van der Waals surface area contributed by atoms with Crippen LogP contribution in [-0.2, 0) is 17.3 Å². The van der Waals surface area contributed by atoms with Crippen LogP contribution in [0.3, 0.4) is 0 Å². The molecule has 16 aromatic carbocycles. The molecule has 6 heteroatoms. The van der Waals surface area contributed by atoms with Gasteiger partial charge in [-0.3, -0.25) is 8.80 Å². The van der Waals surface area contributed by atoms with Crippen LogP contribution >= 0.6 is 11.6 Å². The van der Waals surface area contributed by atoms with Gasteiger partial charge in [0, 0.05) is 59.2 Å². The lowest BCUT2D eigenvalue weighted by Gasteiger charge is -2.22. The molecule has 0 bridgehead atoms. The van der Waals surface area contributed by atoms with Crippen LogP contribution < -0.4 is 0 Å². The SMILES string of the molecule is CC1(C)c2ccccc2-c2ccc(-c3cc4c(c5ccccc35)Cc3ccccc3-4)cc21.CC1(C)c2ccccc2-c2ccc(-c3cc4c5ccccc5n(-c5ccc6c(c5)c5ccccc5n5c7ccccc7nc65)c4c4ccccc34)cc21.Clc1ccc2c(c1)c1ccccc1n1c3ccccc3nc21. The average molecular weight is 1390 g/mol. The maximum Gasteiger partial charge on any atom is 0.146 e. The maximum absolute atomic E-state index is 6.22. The first kappa shape index (κ1) is 61.5. The first-order valence-corrected chi connectivity index (χ1v) is 37.6. The lowest BCUT2D eigenvalue weighted by molar-refractivity contribution is 0.660. The molecule has 24 rings (SSSR count). The Bertz CT molecular complexity index is 7440. The third-order valence-corrected chi connectivity index (χ3v) is 24.2. The number of rotatable bonds is 3. The summed E-state index contributed by atoms with van der Waals surface area (Å²) < 4.78 is 7.04. The predicted octanol–water partition coefficient (Wildman–Crippen LogP) is 26.8. The first-order chi connectivity index (χ1) is 52.5. The Hall–Kier alpha value is -12.9. The minimum Gasteiger partial charge on any atom is -0.309 e. The summed E-state index contributed by atoms with van der Waals surface area (Å²) in [5, 5.41) is 15.5. The largest absolute Gasteiger partial charge is 0.309 e.